The van der Waals surface area contributed by atoms with Gasteiger partial charge < -0.3 is 4.42 Å². The van der Waals surface area contributed by atoms with E-state index in [0.29, 0.717) is 4.67 Å². The molecule has 11 heteroatoms. The van der Waals surface area contributed by atoms with Gasteiger partial charge in [0.25, 0.3) is 0 Å². The van der Waals surface area contributed by atoms with Crippen molar-refractivity contribution in [3.63, 3.8) is 0 Å². The van der Waals surface area contributed by atoms with Crippen LogP contribution in [0.25, 0.3) is 17.1 Å². The fraction of sp³-hybridized carbons (Fsp3) is 0.0714. The molecule has 0 spiro atoms. The summed E-state index contributed by atoms with van der Waals surface area (Å²) >= 11 is 3.09. The van der Waals surface area contributed by atoms with Gasteiger partial charge in [-0.15, -0.1) is 0 Å². The Balaban J connectivity index is 2.16. The summed E-state index contributed by atoms with van der Waals surface area (Å²) in [7, 11) is -3.91. The number of furan rings is 1. The standard InChI is InChI=1S/C14H9BrF3N3O3S/c15-13-6-5-11(24-13)10-7-12(14(16,17)18)20-21(10)8-1-3-9(4-2-8)25(19,22)23/h1-7H,(H2,19,22,23). The van der Waals surface area contributed by atoms with Gasteiger partial charge in [0.05, 0.1) is 10.6 Å². The second-order valence-corrected chi connectivity index (χ2v) is 7.31. The average molecular weight is 436 g/mol. The molecule has 2 heterocycles. The minimum atomic E-state index is -4.65. The van der Waals surface area contributed by atoms with Crippen molar-refractivity contribution < 1.29 is 26.0 Å². The van der Waals surface area contributed by atoms with Crippen LogP contribution in [0.2, 0.25) is 0 Å². The van der Waals surface area contributed by atoms with E-state index >= 15 is 0 Å². The van der Waals surface area contributed by atoms with Crippen LogP contribution in [0.15, 0.2) is 56.4 Å². The smallest absolute Gasteiger partial charge is 0.435 e. The van der Waals surface area contributed by atoms with Crippen LogP contribution in [-0.4, -0.2) is 18.2 Å². The van der Waals surface area contributed by atoms with Crippen molar-refractivity contribution in [3.05, 3.63) is 52.8 Å². The van der Waals surface area contributed by atoms with E-state index in [1.807, 2.05) is 0 Å². The second kappa shape index (κ2) is 6.00. The van der Waals surface area contributed by atoms with E-state index in [0.717, 1.165) is 10.7 Å². The van der Waals surface area contributed by atoms with Gasteiger partial charge in [0.15, 0.2) is 16.1 Å². The molecule has 3 aromatic rings. The molecule has 2 aromatic heterocycles. The van der Waals surface area contributed by atoms with Gasteiger partial charge in [0.1, 0.15) is 5.69 Å². The molecular formula is C14H9BrF3N3O3S. The van der Waals surface area contributed by atoms with Gasteiger partial charge in [-0.1, -0.05) is 0 Å². The molecule has 25 heavy (non-hydrogen) atoms. The molecule has 3 rings (SSSR count). The van der Waals surface area contributed by atoms with Gasteiger partial charge in [-0.25, -0.2) is 18.2 Å². The number of sulfonamides is 1. The van der Waals surface area contributed by atoms with Crippen LogP contribution < -0.4 is 5.14 Å². The molecule has 132 valence electrons. The third-order valence-electron chi connectivity index (χ3n) is 3.24. The van der Waals surface area contributed by atoms with Crippen LogP contribution >= 0.6 is 15.9 Å². The zero-order chi connectivity index (χ0) is 18.4. The van der Waals surface area contributed by atoms with Crippen molar-refractivity contribution >= 4 is 26.0 Å². The SMILES string of the molecule is NS(=O)(=O)c1ccc(-n2nc(C(F)(F)F)cc2-c2ccc(Br)o2)cc1. The molecule has 0 fully saturated rings. The van der Waals surface area contributed by atoms with Crippen LogP contribution in [0.3, 0.4) is 0 Å². The summed E-state index contributed by atoms with van der Waals surface area (Å²) in [6, 6.07) is 8.82. The van der Waals surface area contributed by atoms with E-state index in [1.165, 1.54) is 36.4 Å². The first-order valence-corrected chi connectivity index (χ1v) is 8.96. The molecule has 1 aromatic carbocycles. The minimum Gasteiger partial charge on any atom is -0.448 e. The van der Waals surface area contributed by atoms with E-state index < -0.39 is 21.9 Å². The van der Waals surface area contributed by atoms with Crippen LogP contribution in [0.1, 0.15) is 5.69 Å². The Labute approximate surface area is 148 Å². The summed E-state index contributed by atoms with van der Waals surface area (Å²) in [6.45, 7) is 0. The van der Waals surface area contributed by atoms with E-state index in [9.17, 15) is 21.6 Å². The van der Waals surface area contributed by atoms with Gasteiger partial charge in [0.2, 0.25) is 10.0 Å². The van der Waals surface area contributed by atoms with Crippen LogP contribution in [0.5, 0.6) is 0 Å². The summed E-state index contributed by atoms with van der Waals surface area (Å²) in [5.74, 6) is 0.158. The molecule has 0 saturated carbocycles. The van der Waals surface area contributed by atoms with Crippen LogP contribution in [0.4, 0.5) is 13.2 Å². The lowest BCUT2D eigenvalue weighted by Crippen LogP contribution is -2.12. The Kier molecular flexibility index (Phi) is 4.25. The maximum absolute atomic E-state index is 13.0. The lowest BCUT2D eigenvalue weighted by molar-refractivity contribution is -0.141. The van der Waals surface area contributed by atoms with Crippen molar-refractivity contribution in [2.75, 3.05) is 0 Å². The lowest BCUT2D eigenvalue weighted by Gasteiger charge is -2.07. The van der Waals surface area contributed by atoms with Crippen molar-refractivity contribution in [2.45, 2.75) is 11.1 Å². The number of halogens is 4. The zero-order valence-electron chi connectivity index (χ0n) is 12.2. The molecule has 6 nitrogen and oxygen atoms in total. The molecule has 0 saturated heterocycles. The lowest BCUT2D eigenvalue weighted by atomic mass is 10.2. The monoisotopic (exact) mass is 435 g/mol. The minimum absolute atomic E-state index is 0.0568. The van der Waals surface area contributed by atoms with Gasteiger partial charge >= 0.3 is 6.18 Å². The molecule has 0 aliphatic heterocycles. The normalized spacial score (nSPS) is 12.5. The quantitative estimate of drug-likeness (QED) is 0.680. The summed E-state index contributed by atoms with van der Waals surface area (Å²) < 4.78 is 68.3. The molecule has 0 aliphatic rings. The Bertz CT molecular complexity index is 1020. The maximum Gasteiger partial charge on any atom is 0.435 e. The highest BCUT2D eigenvalue weighted by Crippen LogP contribution is 2.34. The fourth-order valence-electron chi connectivity index (χ4n) is 2.12. The second-order valence-electron chi connectivity index (χ2n) is 4.97. The number of hydrogen-bond donors (Lipinski definition) is 1. The van der Waals surface area contributed by atoms with Crippen molar-refractivity contribution in [3.8, 4) is 17.1 Å². The van der Waals surface area contributed by atoms with Gasteiger partial charge in [-0.3, -0.25) is 0 Å². The highest BCUT2D eigenvalue weighted by molar-refractivity contribution is 9.10. The first kappa shape index (κ1) is 17.7. The third-order valence-corrected chi connectivity index (χ3v) is 4.59. The highest BCUT2D eigenvalue weighted by Gasteiger charge is 2.35. The Morgan fingerprint density at radius 1 is 1.12 bits per heavy atom. The highest BCUT2D eigenvalue weighted by atomic mass is 79.9. The zero-order valence-corrected chi connectivity index (χ0v) is 14.6. The van der Waals surface area contributed by atoms with Crippen molar-refractivity contribution in [1.29, 1.82) is 0 Å². The predicted molar refractivity (Wildman–Crippen MR) is 85.3 cm³/mol. The Hall–Kier alpha value is -2.11. The van der Waals surface area contributed by atoms with Gasteiger partial charge in [-0.05, 0) is 52.3 Å². The number of primary sulfonamides is 1. The molecule has 0 atom stereocenters. The predicted octanol–water partition coefficient (Wildman–Crippen LogP) is 3.56. The van der Waals surface area contributed by atoms with Crippen molar-refractivity contribution in [1.82, 2.24) is 9.78 Å². The van der Waals surface area contributed by atoms with Crippen LogP contribution in [-0.2, 0) is 16.2 Å². The molecular weight excluding hydrogens is 427 g/mol. The van der Waals surface area contributed by atoms with Gasteiger partial charge in [0, 0.05) is 6.07 Å². The van der Waals surface area contributed by atoms with Gasteiger partial charge in [-0.2, -0.15) is 18.3 Å². The first-order chi connectivity index (χ1) is 11.6. The fourth-order valence-corrected chi connectivity index (χ4v) is 2.94. The van der Waals surface area contributed by atoms with E-state index in [1.54, 1.807) is 0 Å². The largest absolute Gasteiger partial charge is 0.448 e. The first-order valence-electron chi connectivity index (χ1n) is 6.62. The number of nitrogens with zero attached hydrogens (tertiary/aromatic N) is 2. The number of benzene rings is 1. The van der Waals surface area contributed by atoms with E-state index in [4.69, 9.17) is 9.56 Å². The summed E-state index contributed by atoms with van der Waals surface area (Å²) in [4.78, 5) is -0.165. The topological polar surface area (TPSA) is 91.1 Å². The van der Waals surface area contributed by atoms with Crippen LogP contribution in [0, 0.1) is 0 Å². The average Bonchev–Trinajstić information content (AvgIpc) is 3.12. The Morgan fingerprint density at radius 3 is 2.24 bits per heavy atom. The third kappa shape index (κ3) is 3.62. The van der Waals surface area contributed by atoms with E-state index in [-0.39, 0.29) is 22.0 Å². The van der Waals surface area contributed by atoms with Crippen molar-refractivity contribution in [2.24, 2.45) is 5.14 Å². The number of hydrogen-bond acceptors (Lipinski definition) is 4. The molecule has 2 N–H and O–H groups in total. The van der Waals surface area contributed by atoms with E-state index in [2.05, 4.69) is 21.0 Å². The Morgan fingerprint density at radius 2 is 1.76 bits per heavy atom. The summed E-state index contributed by atoms with van der Waals surface area (Å²) in [6.07, 6.45) is -4.65. The number of alkyl halides is 3. The molecule has 0 bridgehead atoms. The summed E-state index contributed by atoms with van der Waals surface area (Å²) in [5.41, 5.74) is -0.836. The molecule has 0 unspecified atom stereocenters. The summed E-state index contributed by atoms with van der Waals surface area (Å²) in [5, 5.41) is 8.58. The molecule has 0 amide bonds. The molecule has 0 aliphatic carbocycles. The maximum atomic E-state index is 13.0. The number of nitrogens with two attached hydrogens (primary N) is 1. The number of rotatable bonds is 3. The number of aromatic nitrogens is 2. The molecule has 0 radical (unpaired) electrons.